The predicted octanol–water partition coefficient (Wildman–Crippen LogP) is 1.61. The summed E-state index contributed by atoms with van der Waals surface area (Å²) in [5.41, 5.74) is 2.13. The zero-order valence-electron chi connectivity index (χ0n) is 9.32. The van der Waals surface area contributed by atoms with Crippen LogP contribution in [-0.2, 0) is 4.79 Å². The number of rotatable bonds is 4. The van der Waals surface area contributed by atoms with Crippen molar-refractivity contribution in [1.82, 2.24) is 4.98 Å². The lowest BCUT2D eigenvalue weighted by atomic mass is 10.2. The zero-order chi connectivity index (χ0) is 11.4. The quantitative estimate of drug-likeness (QED) is 0.816. The first-order chi connectivity index (χ1) is 7.00. The number of carboxylic acid groups (broad SMARTS) is 1. The molecule has 4 nitrogen and oxygen atoms in total. The molecule has 1 aromatic heterocycles. The average Bonchev–Trinajstić information content (AvgIpc) is 2.18. The average molecular weight is 208 g/mol. The first-order valence-corrected chi connectivity index (χ1v) is 4.88. The van der Waals surface area contributed by atoms with E-state index in [2.05, 4.69) is 4.98 Å². The summed E-state index contributed by atoms with van der Waals surface area (Å²) in [7, 11) is 1.85. The van der Waals surface area contributed by atoms with Crippen LogP contribution in [0.25, 0.3) is 0 Å². The minimum atomic E-state index is -0.786. The Morgan fingerprint density at radius 2 is 2.13 bits per heavy atom. The van der Waals surface area contributed by atoms with Crippen LogP contribution in [0.2, 0.25) is 0 Å². The highest BCUT2D eigenvalue weighted by Gasteiger charge is 2.05. The molecule has 1 rings (SSSR count). The Labute approximate surface area is 89.6 Å². The number of aliphatic carboxylic acids is 1. The molecule has 0 aliphatic carbocycles. The van der Waals surface area contributed by atoms with Gasteiger partial charge in [0.1, 0.15) is 5.82 Å². The highest BCUT2D eigenvalue weighted by molar-refractivity contribution is 5.67. The fourth-order valence-corrected chi connectivity index (χ4v) is 1.21. The maximum atomic E-state index is 10.4. The summed E-state index contributed by atoms with van der Waals surface area (Å²) in [5.74, 6) is 0.0324. The molecule has 1 N–H and O–H groups in total. The summed E-state index contributed by atoms with van der Waals surface area (Å²) in [6.07, 6.45) is 0.130. The van der Waals surface area contributed by atoms with Gasteiger partial charge in [0.15, 0.2) is 0 Å². The van der Waals surface area contributed by atoms with Crippen LogP contribution in [0.5, 0.6) is 0 Å². The third-order valence-corrected chi connectivity index (χ3v) is 2.39. The molecule has 0 aromatic carbocycles. The standard InChI is InChI=1S/C11H16N2O2/c1-8-4-5-10(12-9(8)2)13(3)7-6-11(14)15/h4-5H,6-7H2,1-3H3,(H,14,15). The maximum absolute atomic E-state index is 10.4. The lowest BCUT2D eigenvalue weighted by molar-refractivity contribution is -0.136. The lowest BCUT2D eigenvalue weighted by Gasteiger charge is -2.17. The van der Waals surface area contributed by atoms with Crippen molar-refractivity contribution in [2.45, 2.75) is 20.3 Å². The number of carboxylic acids is 1. The van der Waals surface area contributed by atoms with E-state index in [0.717, 1.165) is 17.1 Å². The molecule has 82 valence electrons. The van der Waals surface area contributed by atoms with Crippen LogP contribution in [0, 0.1) is 13.8 Å². The monoisotopic (exact) mass is 208 g/mol. The van der Waals surface area contributed by atoms with Crippen LogP contribution in [0.15, 0.2) is 12.1 Å². The van der Waals surface area contributed by atoms with E-state index in [1.54, 1.807) is 0 Å². The van der Waals surface area contributed by atoms with Gasteiger partial charge in [-0.2, -0.15) is 0 Å². The van der Waals surface area contributed by atoms with Crippen molar-refractivity contribution in [2.24, 2.45) is 0 Å². The van der Waals surface area contributed by atoms with E-state index in [-0.39, 0.29) is 6.42 Å². The summed E-state index contributed by atoms with van der Waals surface area (Å²) in [5, 5.41) is 8.56. The van der Waals surface area contributed by atoms with Gasteiger partial charge >= 0.3 is 5.97 Å². The summed E-state index contributed by atoms with van der Waals surface area (Å²) in [4.78, 5) is 16.6. The van der Waals surface area contributed by atoms with Gasteiger partial charge in [-0.1, -0.05) is 6.07 Å². The molecule has 0 saturated carbocycles. The van der Waals surface area contributed by atoms with Gasteiger partial charge in [-0.15, -0.1) is 0 Å². The van der Waals surface area contributed by atoms with Crippen LogP contribution in [0.4, 0.5) is 5.82 Å². The number of hydrogen-bond donors (Lipinski definition) is 1. The number of aromatic nitrogens is 1. The topological polar surface area (TPSA) is 53.4 Å². The second-order valence-electron chi connectivity index (χ2n) is 3.64. The molecule has 0 aliphatic heterocycles. The Morgan fingerprint density at radius 1 is 1.47 bits per heavy atom. The molecular formula is C11H16N2O2. The second-order valence-corrected chi connectivity index (χ2v) is 3.64. The molecule has 1 aromatic rings. The molecule has 0 atom stereocenters. The van der Waals surface area contributed by atoms with Gasteiger partial charge < -0.3 is 10.0 Å². The molecule has 0 unspecified atom stereocenters. The summed E-state index contributed by atoms with van der Waals surface area (Å²) >= 11 is 0. The molecule has 0 saturated heterocycles. The lowest BCUT2D eigenvalue weighted by Crippen LogP contribution is -2.22. The number of anilines is 1. The zero-order valence-corrected chi connectivity index (χ0v) is 9.32. The van der Waals surface area contributed by atoms with Gasteiger partial charge in [-0.25, -0.2) is 4.98 Å². The molecular weight excluding hydrogens is 192 g/mol. The van der Waals surface area contributed by atoms with Crippen molar-refractivity contribution in [3.8, 4) is 0 Å². The van der Waals surface area contributed by atoms with Crippen molar-refractivity contribution in [2.75, 3.05) is 18.5 Å². The second kappa shape index (κ2) is 4.77. The largest absolute Gasteiger partial charge is 0.481 e. The van der Waals surface area contributed by atoms with E-state index in [4.69, 9.17) is 5.11 Å². The Bertz CT molecular complexity index is 364. The van der Waals surface area contributed by atoms with E-state index >= 15 is 0 Å². The number of hydrogen-bond acceptors (Lipinski definition) is 3. The van der Waals surface area contributed by atoms with Gasteiger partial charge in [0.2, 0.25) is 0 Å². The minimum absolute atomic E-state index is 0.130. The summed E-state index contributed by atoms with van der Waals surface area (Å²) in [6, 6.07) is 3.90. The van der Waals surface area contributed by atoms with Crippen LogP contribution in [0.1, 0.15) is 17.7 Å². The molecule has 0 spiro atoms. The van der Waals surface area contributed by atoms with Crippen molar-refractivity contribution in [3.63, 3.8) is 0 Å². The normalized spacial score (nSPS) is 10.1. The van der Waals surface area contributed by atoms with E-state index in [0.29, 0.717) is 6.54 Å². The smallest absolute Gasteiger partial charge is 0.305 e. The van der Waals surface area contributed by atoms with Gasteiger partial charge in [0.25, 0.3) is 0 Å². The van der Waals surface area contributed by atoms with Crippen molar-refractivity contribution in [3.05, 3.63) is 23.4 Å². The molecule has 1 heterocycles. The predicted molar refractivity (Wildman–Crippen MR) is 59.2 cm³/mol. The fraction of sp³-hybridized carbons (Fsp3) is 0.455. The number of carbonyl (C=O) groups is 1. The van der Waals surface area contributed by atoms with Crippen LogP contribution in [0.3, 0.4) is 0 Å². The van der Waals surface area contributed by atoms with E-state index in [9.17, 15) is 4.79 Å². The Hall–Kier alpha value is -1.58. The third-order valence-electron chi connectivity index (χ3n) is 2.39. The molecule has 0 radical (unpaired) electrons. The fourth-order valence-electron chi connectivity index (χ4n) is 1.21. The van der Waals surface area contributed by atoms with Gasteiger partial charge in [-0.05, 0) is 25.5 Å². The first kappa shape index (κ1) is 11.5. The van der Waals surface area contributed by atoms with Gasteiger partial charge in [-0.3, -0.25) is 4.79 Å². The van der Waals surface area contributed by atoms with Crippen LogP contribution < -0.4 is 4.90 Å². The molecule has 15 heavy (non-hydrogen) atoms. The number of aryl methyl sites for hydroxylation is 2. The Morgan fingerprint density at radius 3 is 2.67 bits per heavy atom. The highest BCUT2D eigenvalue weighted by Crippen LogP contribution is 2.12. The van der Waals surface area contributed by atoms with Crippen molar-refractivity contribution >= 4 is 11.8 Å². The van der Waals surface area contributed by atoms with Crippen molar-refractivity contribution < 1.29 is 9.90 Å². The van der Waals surface area contributed by atoms with E-state index in [1.807, 2.05) is 37.9 Å². The SMILES string of the molecule is Cc1ccc(N(C)CCC(=O)O)nc1C. The first-order valence-electron chi connectivity index (χ1n) is 4.88. The third kappa shape index (κ3) is 3.23. The molecule has 0 amide bonds. The summed E-state index contributed by atoms with van der Waals surface area (Å²) in [6.45, 7) is 4.43. The van der Waals surface area contributed by atoms with Crippen molar-refractivity contribution in [1.29, 1.82) is 0 Å². The van der Waals surface area contributed by atoms with Crippen LogP contribution in [-0.4, -0.2) is 29.7 Å². The molecule has 4 heteroatoms. The van der Waals surface area contributed by atoms with E-state index in [1.165, 1.54) is 0 Å². The number of pyridine rings is 1. The summed E-state index contributed by atoms with van der Waals surface area (Å²) < 4.78 is 0. The number of nitrogens with zero attached hydrogens (tertiary/aromatic N) is 2. The van der Waals surface area contributed by atoms with Gasteiger partial charge in [0.05, 0.1) is 6.42 Å². The van der Waals surface area contributed by atoms with E-state index < -0.39 is 5.97 Å². The Kier molecular flexibility index (Phi) is 3.66. The Balaban J connectivity index is 2.69. The minimum Gasteiger partial charge on any atom is -0.481 e. The molecule has 0 aliphatic rings. The molecule has 0 bridgehead atoms. The van der Waals surface area contributed by atoms with Gasteiger partial charge in [0, 0.05) is 19.3 Å². The highest BCUT2D eigenvalue weighted by atomic mass is 16.4. The molecule has 0 fully saturated rings. The maximum Gasteiger partial charge on any atom is 0.305 e. The van der Waals surface area contributed by atoms with Crippen LogP contribution >= 0.6 is 0 Å².